The summed E-state index contributed by atoms with van der Waals surface area (Å²) in [6.45, 7) is 4.36. The molecule has 27 heavy (non-hydrogen) atoms. The van der Waals surface area contributed by atoms with E-state index in [1.165, 1.54) is 18.1 Å². The van der Waals surface area contributed by atoms with Crippen LogP contribution in [0.2, 0.25) is 0 Å². The standard InChI is InChI=1S/C23H23N3O/c1-17(27)24-21-9-10-23-20(15-21)7-8-22(25-23)16-26-13-11-19(12-14-26)18-5-3-2-4-6-18/h2-11,15H,12-14,16H2,1H3,(H,24,27). The van der Waals surface area contributed by atoms with Crippen LogP contribution in [0, 0.1) is 0 Å². The lowest BCUT2D eigenvalue weighted by Crippen LogP contribution is -2.28. The summed E-state index contributed by atoms with van der Waals surface area (Å²) >= 11 is 0. The number of aromatic nitrogens is 1. The van der Waals surface area contributed by atoms with Gasteiger partial charge in [-0.1, -0.05) is 42.5 Å². The maximum absolute atomic E-state index is 11.2. The molecule has 0 aliphatic carbocycles. The summed E-state index contributed by atoms with van der Waals surface area (Å²) in [5.41, 5.74) is 5.60. The van der Waals surface area contributed by atoms with E-state index in [0.717, 1.165) is 48.3 Å². The number of carbonyl (C=O) groups is 1. The maximum atomic E-state index is 11.2. The van der Waals surface area contributed by atoms with E-state index in [-0.39, 0.29) is 5.91 Å². The van der Waals surface area contributed by atoms with Crippen LogP contribution in [0.4, 0.5) is 5.69 Å². The average Bonchev–Trinajstić information content (AvgIpc) is 2.69. The number of rotatable bonds is 4. The second-order valence-corrected chi connectivity index (χ2v) is 6.97. The fourth-order valence-corrected chi connectivity index (χ4v) is 3.54. The highest BCUT2D eigenvalue weighted by atomic mass is 16.1. The van der Waals surface area contributed by atoms with Gasteiger partial charge in [-0.3, -0.25) is 14.7 Å². The average molecular weight is 357 g/mol. The van der Waals surface area contributed by atoms with Gasteiger partial charge < -0.3 is 5.32 Å². The number of pyridine rings is 1. The first-order valence-corrected chi connectivity index (χ1v) is 9.31. The van der Waals surface area contributed by atoms with Crippen LogP contribution >= 0.6 is 0 Å². The first kappa shape index (κ1) is 17.4. The lowest BCUT2D eigenvalue weighted by molar-refractivity contribution is -0.114. The van der Waals surface area contributed by atoms with Gasteiger partial charge in [-0.15, -0.1) is 0 Å². The number of nitrogens with one attached hydrogen (secondary N) is 1. The minimum Gasteiger partial charge on any atom is -0.326 e. The van der Waals surface area contributed by atoms with Gasteiger partial charge >= 0.3 is 0 Å². The van der Waals surface area contributed by atoms with Gasteiger partial charge in [-0.2, -0.15) is 0 Å². The monoisotopic (exact) mass is 357 g/mol. The van der Waals surface area contributed by atoms with Crippen LogP contribution in [-0.2, 0) is 11.3 Å². The molecule has 0 saturated carbocycles. The molecule has 0 unspecified atom stereocenters. The van der Waals surface area contributed by atoms with Gasteiger partial charge in [0.2, 0.25) is 5.91 Å². The van der Waals surface area contributed by atoms with Crippen molar-refractivity contribution in [3.8, 4) is 0 Å². The fraction of sp³-hybridized carbons (Fsp3) is 0.217. The quantitative estimate of drug-likeness (QED) is 0.749. The van der Waals surface area contributed by atoms with Crippen molar-refractivity contribution in [2.45, 2.75) is 19.9 Å². The van der Waals surface area contributed by atoms with Gasteiger partial charge in [0.05, 0.1) is 11.2 Å². The molecular weight excluding hydrogens is 334 g/mol. The maximum Gasteiger partial charge on any atom is 0.221 e. The van der Waals surface area contributed by atoms with E-state index in [9.17, 15) is 4.79 Å². The molecule has 0 saturated heterocycles. The minimum atomic E-state index is -0.0630. The number of benzene rings is 2. The number of hydrogen-bond donors (Lipinski definition) is 1. The SMILES string of the molecule is CC(=O)Nc1ccc2nc(CN3CC=C(c4ccccc4)CC3)ccc2c1. The molecule has 0 radical (unpaired) electrons. The van der Waals surface area contributed by atoms with Crippen LogP contribution in [0.25, 0.3) is 16.5 Å². The predicted molar refractivity (Wildman–Crippen MR) is 110 cm³/mol. The van der Waals surface area contributed by atoms with Crippen LogP contribution in [0.3, 0.4) is 0 Å². The summed E-state index contributed by atoms with van der Waals surface area (Å²) < 4.78 is 0. The van der Waals surface area contributed by atoms with Crippen LogP contribution in [-0.4, -0.2) is 28.9 Å². The molecular formula is C23H23N3O. The molecule has 4 heteroatoms. The largest absolute Gasteiger partial charge is 0.326 e. The zero-order valence-electron chi connectivity index (χ0n) is 15.5. The van der Waals surface area contributed by atoms with Crippen molar-refractivity contribution < 1.29 is 4.79 Å². The molecule has 4 nitrogen and oxygen atoms in total. The number of nitrogens with zero attached hydrogens (tertiary/aromatic N) is 2. The molecule has 0 spiro atoms. The van der Waals surface area contributed by atoms with Gasteiger partial charge in [0.15, 0.2) is 0 Å². The van der Waals surface area contributed by atoms with Gasteiger partial charge in [-0.25, -0.2) is 0 Å². The number of hydrogen-bond acceptors (Lipinski definition) is 3. The molecule has 1 aromatic heterocycles. The lowest BCUT2D eigenvalue weighted by atomic mass is 9.99. The summed E-state index contributed by atoms with van der Waals surface area (Å²) in [4.78, 5) is 18.4. The van der Waals surface area contributed by atoms with Gasteiger partial charge in [-0.05, 0) is 41.8 Å². The van der Waals surface area contributed by atoms with Crippen LogP contribution in [0.1, 0.15) is 24.6 Å². The van der Waals surface area contributed by atoms with Crippen molar-refractivity contribution >= 4 is 28.1 Å². The van der Waals surface area contributed by atoms with E-state index in [0.29, 0.717) is 0 Å². The molecule has 1 N–H and O–H groups in total. The molecule has 136 valence electrons. The van der Waals surface area contributed by atoms with Crippen molar-refractivity contribution in [1.82, 2.24) is 9.88 Å². The first-order valence-electron chi connectivity index (χ1n) is 9.31. The number of carbonyl (C=O) groups excluding carboxylic acids is 1. The smallest absolute Gasteiger partial charge is 0.221 e. The summed E-state index contributed by atoms with van der Waals surface area (Å²) in [5.74, 6) is -0.0630. The Morgan fingerprint density at radius 2 is 1.96 bits per heavy atom. The predicted octanol–water partition coefficient (Wildman–Crippen LogP) is 4.48. The van der Waals surface area contributed by atoms with Crippen LogP contribution < -0.4 is 5.32 Å². The van der Waals surface area contributed by atoms with Crippen molar-refractivity contribution in [3.63, 3.8) is 0 Å². The van der Waals surface area contributed by atoms with Crippen molar-refractivity contribution in [1.29, 1.82) is 0 Å². The first-order chi connectivity index (χ1) is 13.2. The third-order valence-electron chi connectivity index (χ3n) is 4.89. The lowest BCUT2D eigenvalue weighted by Gasteiger charge is -2.26. The Balaban J connectivity index is 1.45. The highest BCUT2D eigenvalue weighted by molar-refractivity contribution is 5.92. The summed E-state index contributed by atoms with van der Waals surface area (Å²) in [7, 11) is 0. The van der Waals surface area contributed by atoms with Crippen LogP contribution in [0.15, 0.2) is 66.7 Å². The molecule has 3 aromatic rings. The second-order valence-electron chi connectivity index (χ2n) is 6.97. The highest BCUT2D eigenvalue weighted by Gasteiger charge is 2.14. The Labute approximate surface area is 159 Å². The molecule has 2 aromatic carbocycles. The zero-order valence-corrected chi connectivity index (χ0v) is 15.5. The van der Waals surface area contributed by atoms with Crippen molar-refractivity contribution in [2.75, 3.05) is 18.4 Å². The van der Waals surface area contributed by atoms with Crippen LogP contribution in [0.5, 0.6) is 0 Å². The molecule has 1 amide bonds. The molecule has 1 aliphatic rings. The Bertz CT molecular complexity index is 995. The Morgan fingerprint density at radius 3 is 2.70 bits per heavy atom. The van der Waals surface area contributed by atoms with E-state index in [2.05, 4.69) is 58.8 Å². The zero-order chi connectivity index (χ0) is 18.6. The van der Waals surface area contributed by atoms with E-state index in [1.54, 1.807) is 0 Å². The summed E-state index contributed by atoms with van der Waals surface area (Å²) in [6, 6.07) is 20.6. The molecule has 4 rings (SSSR count). The highest BCUT2D eigenvalue weighted by Crippen LogP contribution is 2.23. The Kier molecular flexibility index (Phi) is 4.99. The topological polar surface area (TPSA) is 45.2 Å². The number of amides is 1. The number of fused-ring (bicyclic) bond motifs is 1. The number of anilines is 1. The summed E-state index contributed by atoms with van der Waals surface area (Å²) in [5, 5.41) is 3.85. The van der Waals surface area contributed by atoms with Crippen molar-refractivity contribution in [3.05, 3.63) is 78.0 Å². The van der Waals surface area contributed by atoms with Gasteiger partial charge in [0.25, 0.3) is 0 Å². The minimum absolute atomic E-state index is 0.0630. The van der Waals surface area contributed by atoms with E-state index >= 15 is 0 Å². The van der Waals surface area contributed by atoms with Crippen molar-refractivity contribution in [2.24, 2.45) is 0 Å². The second kappa shape index (κ2) is 7.72. The Morgan fingerprint density at radius 1 is 1.11 bits per heavy atom. The van der Waals surface area contributed by atoms with E-state index in [1.807, 2.05) is 18.2 Å². The van der Waals surface area contributed by atoms with Gasteiger partial charge in [0.1, 0.15) is 0 Å². The normalized spacial score (nSPS) is 14.8. The summed E-state index contributed by atoms with van der Waals surface area (Å²) in [6.07, 6.45) is 3.40. The molecule has 0 atom stereocenters. The third-order valence-corrected chi connectivity index (χ3v) is 4.89. The molecule has 1 aliphatic heterocycles. The molecule has 2 heterocycles. The molecule has 0 fully saturated rings. The Hall–Kier alpha value is -2.98. The molecule has 0 bridgehead atoms. The van der Waals surface area contributed by atoms with E-state index in [4.69, 9.17) is 4.98 Å². The third kappa shape index (κ3) is 4.23. The fourth-order valence-electron chi connectivity index (χ4n) is 3.54. The van der Waals surface area contributed by atoms with Gasteiger partial charge in [0, 0.05) is 37.6 Å². The van der Waals surface area contributed by atoms with E-state index < -0.39 is 0 Å².